The molecule has 25 heavy (non-hydrogen) atoms. The number of carbonyl (C=O) groups excluding carboxylic acids is 1. The van der Waals surface area contributed by atoms with Crippen molar-refractivity contribution in [2.75, 3.05) is 25.1 Å². The molecule has 0 saturated carbocycles. The van der Waals surface area contributed by atoms with Gasteiger partial charge in [0.15, 0.2) is 11.6 Å². The number of amides is 1. The third-order valence-corrected chi connectivity index (χ3v) is 3.89. The zero-order valence-electron chi connectivity index (χ0n) is 14.1. The second kappa shape index (κ2) is 7.23. The SMILES string of the molecule is CN(CCCN)n1c(-c2ccccc2)nc2cccc(OC(N)=O)c21. The van der Waals surface area contributed by atoms with Crippen LogP contribution in [0, 0.1) is 0 Å². The van der Waals surface area contributed by atoms with Gasteiger partial charge in [-0.15, -0.1) is 0 Å². The average molecular weight is 339 g/mol. The van der Waals surface area contributed by atoms with E-state index in [9.17, 15) is 4.79 Å². The molecule has 0 bridgehead atoms. The van der Waals surface area contributed by atoms with Gasteiger partial charge in [0.2, 0.25) is 0 Å². The zero-order chi connectivity index (χ0) is 17.8. The summed E-state index contributed by atoms with van der Waals surface area (Å²) in [6.07, 6.45) is -0.0328. The minimum atomic E-state index is -0.855. The summed E-state index contributed by atoms with van der Waals surface area (Å²) in [5, 5.41) is 2.01. The number of hydrogen-bond donors (Lipinski definition) is 2. The second-order valence-electron chi connectivity index (χ2n) is 5.68. The van der Waals surface area contributed by atoms with Gasteiger partial charge in [0.05, 0.1) is 5.52 Å². The van der Waals surface area contributed by atoms with E-state index in [0.29, 0.717) is 17.8 Å². The van der Waals surface area contributed by atoms with Gasteiger partial charge in [0, 0.05) is 19.2 Å². The Hall–Kier alpha value is -3.06. The highest BCUT2D eigenvalue weighted by Gasteiger charge is 2.19. The summed E-state index contributed by atoms with van der Waals surface area (Å²) >= 11 is 0. The fourth-order valence-electron chi connectivity index (χ4n) is 2.80. The number of rotatable bonds is 6. The van der Waals surface area contributed by atoms with Crippen LogP contribution in [0.3, 0.4) is 0 Å². The van der Waals surface area contributed by atoms with E-state index in [2.05, 4.69) is 0 Å². The lowest BCUT2D eigenvalue weighted by atomic mass is 10.2. The highest BCUT2D eigenvalue weighted by atomic mass is 16.5. The lowest BCUT2D eigenvalue weighted by molar-refractivity contribution is 0.211. The molecular weight excluding hydrogens is 318 g/mol. The molecule has 0 fully saturated rings. The van der Waals surface area contributed by atoms with E-state index in [1.54, 1.807) is 12.1 Å². The number of para-hydroxylation sites is 1. The summed E-state index contributed by atoms with van der Waals surface area (Å²) in [7, 11) is 1.95. The van der Waals surface area contributed by atoms with Crippen molar-refractivity contribution >= 4 is 17.1 Å². The summed E-state index contributed by atoms with van der Waals surface area (Å²) in [5.41, 5.74) is 13.2. The van der Waals surface area contributed by atoms with Gasteiger partial charge < -0.3 is 21.2 Å². The van der Waals surface area contributed by atoms with Gasteiger partial charge in [-0.3, -0.25) is 0 Å². The Labute approximate surface area is 145 Å². The summed E-state index contributed by atoms with van der Waals surface area (Å²) in [5.74, 6) is 1.13. The van der Waals surface area contributed by atoms with Crippen molar-refractivity contribution in [3.8, 4) is 17.1 Å². The fourth-order valence-corrected chi connectivity index (χ4v) is 2.80. The largest absolute Gasteiger partial charge is 0.410 e. The Bertz CT molecular complexity index is 876. The van der Waals surface area contributed by atoms with Gasteiger partial charge in [-0.1, -0.05) is 36.4 Å². The number of ether oxygens (including phenoxy) is 1. The molecule has 130 valence electrons. The Kier molecular flexibility index (Phi) is 4.85. The molecule has 0 radical (unpaired) electrons. The van der Waals surface area contributed by atoms with Crippen LogP contribution in [0.5, 0.6) is 5.75 Å². The molecule has 0 aliphatic heterocycles. The summed E-state index contributed by atoms with van der Waals surface area (Å²) in [4.78, 5) is 16.0. The molecule has 0 spiro atoms. The predicted octanol–water partition coefficient (Wildman–Crippen LogP) is 2.08. The van der Waals surface area contributed by atoms with Crippen molar-refractivity contribution in [2.45, 2.75) is 6.42 Å². The first kappa shape index (κ1) is 16.8. The quantitative estimate of drug-likeness (QED) is 0.716. The minimum Gasteiger partial charge on any atom is -0.408 e. The molecule has 0 aliphatic carbocycles. The van der Waals surface area contributed by atoms with Crippen molar-refractivity contribution in [2.24, 2.45) is 11.5 Å². The van der Waals surface area contributed by atoms with Crippen LogP contribution in [0.4, 0.5) is 4.79 Å². The van der Waals surface area contributed by atoms with Crippen LogP contribution in [0.15, 0.2) is 48.5 Å². The van der Waals surface area contributed by atoms with Gasteiger partial charge in [-0.05, 0) is 25.1 Å². The standard InChI is InChI=1S/C18H21N5O2/c1-22(12-6-11-19)23-16-14(9-5-10-15(16)25-18(20)24)21-17(23)13-7-3-2-4-8-13/h2-5,7-10H,6,11-12,19H2,1H3,(H2,20,24). The number of carbonyl (C=O) groups is 1. The number of aromatic nitrogens is 2. The first-order valence-corrected chi connectivity index (χ1v) is 8.07. The lowest BCUT2D eigenvalue weighted by Crippen LogP contribution is -2.33. The number of fused-ring (bicyclic) bond motifs is 1. The number of nitrogens with zero attached hydrogens (tertiary/aromatic N) is 3. The van der Waals surface area contributed by atoms with E-state index in [1.165, 1.54) is 0 Å². The normalized spacial score (nSPS) is 10.8. The maximum atomic E-state index is 11.3. The van der Waals surface area contributed by atoms with E-state index in [4.69, 9.17) is 21.2 Å². The highest BCUT2D eigenvalue weighted by molar-refractivity contribution is 5.88. The number of imidazole rings is 1. The topological polar surface area (TPSA) is 99.4 Å². The van der Waals surface area contributed by atoms with E-state index in [-0.39, 0.29) is 0 Å². The molecule has 7 nitrogen and oxygen atoms in total. The highest BCUT2D eigenvalue weighted by Crippen LogP contribution is 2.31. The molecule has 3 aromatic rings. The van der Waals surface area contributed by atoms with Gasteiger partial charge >= 0.3 is 6.09 Å². The van der Waals surface area contributed by atoms with Crippen molar-refractivity contribution in [3.05, 3.63) is 48.5 Å². The van der Waals surface area contributed by atoms with E-state index in [1.807, 2.05) is 53.1 Å². The maximum absolute atomic E-state index is 11.3. The Morgan fingerprint density at radius 3 is 2.64 bits per heavy atom. The number of nitrogens with two attached hydrogens (primary N) is 2. The molecule has 7 heteroatoms. The third kappa shape index (κ3) is 3.41. The van der Waals surface area contributed by atoms with Gasteiger partial charge in [-0.2, -0.15) is 0 Å². The van der Waals surface area contributed by atoms with Crippen LogP contribution < -0.4 is 21.2 Å². The molecule has 0 aliphatic rings. The second-order valence-corrected chi connectivity index (χ2v) is 5.68. The summed E-state index contributed by atoms with van der Waals surface area (Å²) < 4.78 is 7.14. The molecule has 0 saturated heterocycles. The Morgan fingerprint density at radius 2 is 1.96 bits per heavy atom. The number of benzene rings is 2. The Balaban J connectivity index is 2.23. The monoisotopic (exact) mass is 339 g/mol. The first-order chi connectivity index (χ1) is 12.1. The van der Waals surface area contributed by atoms with Crippen molar-refractivity contribution in [3.63, 3.8) is 0 Å². The molecule has 2 aromatic carbocycles. The van der Waals surface area contributed by atoms with Gasteiger partial charge in [-0.25, -0.2) is 14.5 Å². The smallest absolute Gasteiger partial charge is 0.408 e. The van der Waals surface area contributed by atoms with E-state index in [0.717, 1.165) is 29.9 Å². The van der Waals surface area contributed by atoms with Crippen LogP contribution >= 0.6 is 0 Å². The van der Waals surface area contributed by atoms with E-state index < -0.39 is 6.09 Å². The van der Waals surface area contributed by atoms with Crippen LogP contribution in [0.2, 0.25) is 0 Å². The lowest BCUT2D eigenvalue weighted by Gasteiger charge is -2.24. The minimum absolute atomic E-state index is 0.374. The van der Waals surface area contributed by atoms with Crippen molar-refractivity contribution in [1.29, 1.82) is 0 Å². The summed E-state index contributed by atoms with van der Waals surface area (Å²) in [6, 6.07) is 15.2. The van der Waals surface area contributed by atoms with Crippen LogP contribution in [0.1, 0.15) is 6.42 Å². The molecule has 1 aromatic heterocycles. The first-order valence-electron chi connectivity index (χ1n) is 8.07. The van der Waals surface area contributed by atoms with Crippen molar-refractivity contribution in [1.82, 2.24) is 9.66 Å². The number of primary amides is 1. The molecule has 3 rings (SSSR count). The Morgan fingerprint density at radius 1 is 1.20 bits per heavy atom. The predicted molar refractivity (Wildman–Crippen MR) is 98.1 cm³/mol. The molecular formula is C18H21N5O2. The van der Waals surface area contributed by atoms with Crippen LogP contribution in [-0.2, 0) is 0 Å². The maximum Gasteiger partial charge on any atom is 0.410 e. The molecule has 4 N–H and O–H groups in total. The van der Waals surface area contributed by atoms with Crippen LogP contribution in [-0.4, -0.2) is 35.9 Å². The van der Waals surface area contributed by atoms with Gasteiger partial charge in [0.1, 0.15) is 5.52 Å². The van der Waals surface area contributed by atoms with Crippen molar-refractivity contribution < 1.29 is 9.53 Å². The van der Waals surface area contributed by atoms with Crippen LogP contribution in [0.25, 0.3) is 22.4 Å². The zero-order valence-corrected chi connectivity index (χ0v) is 14.1. The molecule has 1 heterocycles. The summed E-state index contributed by atoms with van der Waals surface area (Å²) in [6.45, 7) is 1.31. The third-order valence-electron chi connectivity index (χ3n) is 3.89. The molecule has 1 amide bonds. The molecule has 0 atom stereocenters. The molecule has 0 unspecified atom stereocenters. The van der Waals surface area contributed by atoms with E-state index >= 15 is 0 Å². The number of hydrogen-bond acceptors (Lipinski definition) is 5. The fraction of sp³-hybridized carbons (Fsp3) is 0.222. The van der Waals surface area contributed by atoms with Gasteiger partial charge in [0.25, 0.3) is 0 Å². The average Bonchev–Trinajstić information content (AvgIpc) is 3.00.